The SMILES string of the molecule is OC(c1cccc(Br)c1)C1CCOCC1. The predicted molar refractivity (Wildman–Crippen MR) is 62.6 cm³/mol. The van der Waals surface area contributed by atoms with Crippen molar-refractivity contribution in [3.63, 3.8) is 0 Å². The van der Waals surface area contributed by atoms with Gasteiger partial charge >= 0.3 is 0 Å². The fraction of sp³-hybridized carbons (Fsp3) is 0.500. The van der Waals surface area contributed by atoms with E-state index in [9.17, 15) is 5.11 Å². The van der Waals surface area contributed by atoms with Crippen molar-refractivity contribution in [2.45, 2.75) is 18.9 Å². The number of hydrogen-bond acceptors (Lipinski definition) is 2. The Balaban J connectivity index is 2.08. The molecule has 1 fully saturated rings. The molecule has 1 unspecified atom stereocenters. The number of aliphatic hydroxyl groups is 1. The van der Waals surface area contributed by atoms with Crippen LogP contribution in [0.4, 0.5) is 0 Å². The Morgan fingerprint density at radius 1 is 1.33 bits per heavy atom. The van der Waals surface area contributed by atoms with Gasteiger partial charge in [0, 0.05) is 17.7 Å². The number of rotatable bonds is 2. The smallest absolute Gasteiger partial charge is 0.0820 e. The molecule has 0 aliphatic carbocycles. The van der Waals surface area contributed by atoms with Crippen molar-refractivity contribution < 1.29 is 9.84 Å². The molecule has 0 radical (unpaired) electrons. The monoisotopic (exact) mass is 270 g/mol. The third kappa shape index (κ3) is 2.80. The van der Waals surface area contributed by atoms with Gasteiger partial charge in [0.1, 0.15) is 0 Å². The first-order valence-corrected chi connectivity index (χ1v) is 6.08. The maximum atomic E-state index is 10.2. The molecule has 2 rings (SSSR count). The second kappa shape index (κ2) is 5.10. The fourth-order valence-electron chi connectivity index (χ4n) is 1.99. The van der Waals surface area contributed by atoms with Crippen LogP contribution in [0.3, 0.4) is 0 Å². The number of hydrogen-bond donors (Lipinski definition) is 1. The third-order valence-electron chi connectivity index (χ3n) is 2.90. The number of ether oxygens (including phenoxy) is 1. The van der Waals surface area contributed by atoms with Gasteiger partial charge in [0.25, 0.3) is 0 Å². The van der Waals surface area contributed by atoms with E-state index in [1.165, 1.54) is 0 Å². The zero-order valence-corrected chi connectivity index (χ0v) is 10.1. The highest BCUT2D eigenvalue weighted by Crippen LogP contribution is 2.30. The molecule has 2 nitrogen and oxygen atoms in total. The lowest BCUT2D eigenvalue weighted by atomic mass is 9.89. The standard InChI is InChI=1S/C12H15BrO2/c13-11-3-1-2-10(8-11)12(14)9-4-6-15-7-5-9/h1-3,8-9,12,14H,4-7H2. The largest absolute Gasteiger partial charge is 0.388 e. The van der Waals surface area contributed by atoms with Crippen LogP contribution >= 0.6 is 15.9 Å². The van der Waals surface area contributed by atoms with Crippen LogP contribution in [0.2, 0.25) is 0 Å². The van der Waals surface area contributed by atoms with E-state index in [0.29, 0.717) is 5.92 Å². The van der Waals surface area contributed by atoms with Crippen molar-refractivity contribution in [3.8, 4) is 0 Å². The van der Waals surface area contributed by atoms with Gasteiger partial charge in [-0.15, -0.1) is 0 Å². The molecule has 0 bridgehead atoms. The molecule has 1 heterocycles. The summed E-state index contributed by atoms with van der Waals surface area (Å²) >= 11 is 3.42. The molecule has 15 heavy (non-hydrogen) atoms. The van der Waals surface area contributed by atoms with Gasteiger partial charge < -0.3 is 9.84 Å². The van der Waals surface area contributed by atoms with E-state index in [1.807, 2.05) is 24.3 Å². The van der Waals surface area contributed by atoms with E-state index >= 15 is 0 Å². The van der Waals surface area contributed by atoms with Crippen LogP contribution in [0.5, 0.6) is 0 Å². The zero-order valence-electron chi connectivity index (χ0n) is 8.53. The Labute approximate surface area is 98.4 Å². The fourth-order valence-corrected chi connectivity index (χ4v) is 2.41. The van der Waals surface area contributed by atoms with Crippen LogP contribution in [0, 0.1) is 5.92 Å². The summed E-state index contributed by atoms with van der Waals surface area (Å²) in [5, 5.41) is 10.2. The molecule has 0 saturated carbocycles. The topological polar surface area (TPSA) is 29.5 Å². The van der Waals surface area contributed by atoms with Gasteiger partial charge in [-0.3, -0.25) is 0 Å². The summed E-state index contributed by atoms with van der Waals surface area (Å²) in [6, 6.07) is 7.90. The molecule has 1 aliphatic heterocycles. The summed E-state index contributed by atoms with van der Waals surface area (Å²) in [5.74, 6) is 0.341. The second-order valence-corrected chi connectivity index (χ2v) is 4.87. The van der Waals surface area contributed by atoms with Gasteiger partial charge in [0.2, 0.25) is 0 Å². The van der Waals surface area contributed by atoms with Crippen molar-refractivity contribution in [2.75, 3.05) is 13.2 Å². The molecular formula is C12H15BrO2. The minimum absolute atomic E-state index is 0.341. The highest BCUT2D eigenvalue weighted by molar-refractivity contribution is 9.10. The highest BCUT2D eigenvalue weighted by Gasteiger charge is 2.23. The Morgan fingerprint density at radius 3 is 2.73 bits per heavy atom. The van der Waals surface area contributed by atoms with E-state index in [1.54, 1.807) is 0 Å². The van der Waals surface area contributed by atoms with Gasteiger partial charge in [-0.05, 0) is 36.5 Å². The van der Waals surface area contributed by atoms with Crippen LogP contribution in [0.15, 0.2) is 28.7 Å². The molecule has 1 N–H and O–H groups in total. The van der Waals surface area contributed by atoms with Crippen molar-refractivity contribution in [3.05, 3.63) is 34.3 Å². The lowest BCUT2D eigenvalue weighted by Gasteiger charge is -2.27. The number of aliphatic hydroxyl groups excluding tert-OH is 1. The summed E-state index contributed by atoms with van der Waals surface area (Å²) < 4.78 is 6.31. The molecular weight excluding hydrogens is 256 g/mol. The summed E-state index contributed by atoms with van der Waals surface area (Å²) in [4.78, 5) is 0. The molecule has 1 aliphatic rings. The normalized spacial score (nSPS) is 20.1. The summed E-state index contributed by atoms with van der Waals surface area (Å²) in [7, 11) is 0. The molecule has 1 aromatic rings. The minimum Gasteiger partial charge on any atom is -0.388 e. The molecule has 82 valence electrons. The Bertz CT molecular complexity index is 321. The predicted octanol–water partition coefficient (Wildman–Crippen LogP) is 2.91. The van der Waals surface area contributed by atoms with Crippen molar-refractivity contribution in [1.29, 1.82) is 0 Å². The first kappa shape index (κ1) is 11.1. The molecule has 0 aromatic heterocycles. The van der Waals surface area contributed by atoms with Gasteiger partial charge in [-0.25, -0.2) is 0 Å². The highest BCUT2D eigenvalue weighted by atomic mass is 79.9. The van der Waals surface area contributed by atoms with E-state index in [0.717, 1.165) is 36.1 Å². The molecule has 3 heteroatoms. The lowest BCUT2D eigenvalue weighted by Crippen LogP contribution is -2.21. The quantitative estimate of drug-likeness (QED) is 0.896. The van der Waals surface area contributed by atoms with Gasteiger partial charge in [0.15, 0.2) is 0 Å². The Hall–Kier alpha value is -0.380. The van der Waals surface area contributed by atoms with E-state index in [2.05, 4.69) is 15.9 Å². The average molecular weight is 271 g/mol. The maximum Gasteiger partial charge on any atom is 0.0820 e. The van der Waals surface area contributed by atoms with Crippen LogP contribution in [0.1, 0.15) is 24.5 Å². The maximum absolute atomic E-state index is 10.2. The third-order valence-corrected chi connectivity index (χ3v) is 3.40. The summed E-state index contributed by atoms with van der Waals surface area (Å²) in [6.45, 7) is 1.55. The molecule has 1 aromatic carbocycles. The Morgan fingerprint density at radius 2 is 2.07 bits per heavy atom. The zero-order chi connectivity index (χ0) is 10.7. The van der Waals surface area contributed by atoms with E-state index in [-0.39, 0.29) is 6.10 Å². The molecule has 1 saturated heterocycles. The summed E-state index contributed by atoms with van der Waals surface area (Å²) in [6.07, 6.45) is 1.55. The van der Waals surface area contributed by atoms with Crippen molar-refractivity contribution >= 4 is 15.9 Å². The first-order valence-electron chi connectivity index (χ1n) is 5.28. The van der Waals surface area contributed by atoms with Gasteiger partial charge in [-0.2, -0.15) is 0 Å². The lowest BCUT2D eigenvalue weighted by molar-refractivity contribution is 0.00716. The second-order valence-electron chi connectivity index (χ2n) is 3.95. The van der Waals surface area contributed by atoms with Crippen LogP contribution in [-0.2, 0) is 4.74 Å². The van der Waals surface area contributed by atoms with Crippen LogP contribution in [-0.4, -0.2) is 18.3 Å². The summed E-state index contributed by atoms with van der Waals surface area (Å²) in [5.41, 5.74) is 0.997. The first-order chi connectivity index (χ1) is 7.27. The van der Waals surface area contributed by atoms with Crippen molar-refractivity contribution in [2.24, 2.45) is 5.92 Å². The number of benzene rings is 1. The molecule has 1 atom stereocenters. The van der Waals surface area contributed by atoms with Gasteiger partial charge in [0.05, 0.1) is 6.10 Å². The molecule has 0 spiro atoms. The Kier molecular flexibility index (Phi) is 3.78. The average Bonchev–Trinajstić information content (AvgIpc) is 2.29. The molecule has 0 amide bonds. The van der Waals surface area contributed by atoms with Crippen LogP contribution < -0.4 is 0 Å². The van der Waals surface area contributed by atoms with E-state index < -0.39 is 0 Å². The van der Waals surface area contributed by atoms with Crippen molar-refractivity contribution in [1.82, 2.24) is 0 Å². The number of halogens is 1. The minimum atomic E-state index is -0.355. The van der Waals surface area contributed by atoms with Gasteiger partial charge in [-0.1, -0.05) is 28.1 Å². The van der Waals surface area contributed by atoms with E-state index in [4.69, 9.17) is 4.74 Å². The van der Waals surface area contributed by atoms with Crippen LogP contribution in [0.25, 0.3) is 0 Å².